The lowest BCUT2D eigenvalue weighted by atomic mass is 10.1. The Labute approximate surface area is 147 Å². The number of fused-ring (bicyclic) bond motifs is 1. The Hall–Kier alpha value is -2.96. The molecule has 0 radical (unpaired) electrons. The predicted molar refractivity (Wildman–Crippen MR) is 90.9 cm³/mol. The van der Waals surface area contributed by atoms with Gasteiger partial charge in [-0.3, -0.25) is 9.36 Å². The van der Waals surface area contributed by atoms with Crippen LogP contribution in [0.2, 0.25) is 0 Å². The Kier molecular flexibility index (Phi) is 4.06. The van der Waals surface area contributed by atoms with E-state index in [4.69, 9.17) is 4.42 Å². The van der Waals surface area contributed by atoms with E-state index >= 15 is 0 Å². The third-order valence-corrected chi connectivity index (χ3v) is 4.78. The molecule has 0 aliphatic carbocycles. The maximum atomic E-state index is 14.0. The summed E-state index contributed by atoms with van der Waals surface area (Å²) in [5.41, 5.74) is 0.547. The maximum absolute atomic E-state index is 14.0. The molecule has 4 rings (SSSR count). The van der Waals surface area contributed by atoms with Gasteiger partial charge in [-0.15, -0.1) is 0 Å². The van der Waals surface area contributed by atoms with Gasteiger partial charge < -0.3 is 9.32 Å². The highest BCUT2D eigenvalue weighted by Crippen LogP contribution is 2.25. The second-order valence-electron chi connectivity index (χ2n) is 6.34. The van der Waals surface area contributed by atoms with Gasteiger partial charge in [0, 0.05) is 13.1 Å². The first-order chi connectivity index (χ1) is 12.6. The van der Waals surface area contributed by atoms with Gasteiger partial charge in [-0.05, 0) is 37.1 Å². The average molecular weight is 358 g/mol. The Morgan fingerprint density at radius 1 is 1.12 bits per heavy atom. The van der Waals surface area contributed by atoms with Crippen LogP contribution in [0.5, 0.6) is 0 Å². The summed E-state index contributed by atoms with van der Waals surface area (Å²) >= 11 is 0. The van der Waals surface area contributed by atoms with Crippen LogP contribution in [0.25, 0.3) is 11.1 Å². The quantitative estimate of drug-likeness (QED) is 0.723. The molecule has 0 N–H and O–H groups in total. The lowest BCUT2D eigenvalue weighted by molar-refractivity contribution is 0.0713. The molecule has 1 saturated heterocycles. The molecule has 0 saturated carbocycles. The highest BCUT2D eigenvalue weighted by atomic mass is 19.1. The number of likely N-dealkylation sites (tertiary alicyclic amines) is 1. The van der Waals surface area contributed by atoms with Gasteiger partial charge in [-0.2, -0.15) is 0 Å². The Morgan fingerprint density at radius 2 is 1.85 bits per heavy atom. The van der Waals surface area contributed by atoms with Crippen molar-refractivity contribution in [3.8, 4) is 0 Å². The van der Waals surface area contributed by atoms with E-state index in [9.17, 15) is 18.4 Å². The molecule has 0 spiro atoms. The third kappa shape index (κ3) is 2.69. The van der Waals surface area contributed by atoms with Gasteiger partial charge in [0.2, 0.25) is 0 Å². The van der Waals surface area contributed by atoms with Crippen LogP contribution in [-0.4, -0.2) is 28.0 Å². The number of rotatable bonds is 3. The Morgan fingerprint density at radius 3 is 2.62 bits per heavy atom. The number of nitrogens with zero attached hydrogens (tertiary/aromatic N) is 2. The minimum absolute atomic E-state index is 0.220. The summed E-state index contributed by atoms with van der Waals surface area (Å²) in [5.74, 6) is -2.97. The predicted octanol–water partition coefficient (Wildman–Crippen LogP) is 3.18. The molecule has 3 aromatic rings. The zero-order valence-electron chi connectivity index (χ0n) is 13.8. The maximum Gasteiger partial charge on any atom is 0.420 e. The second kappa shape index (κ2) is 6.40. The van der Waals surface area contributed by atoms with Crippen molar-refractivity contribution in [3.63, 3.8) is 0 Å². The zero-order chi connectivity index (χ0) is 18.3. The summed E-state index contributed by atoms with van der Waals surface area (Å²) < 4.78 is 34.6. The number of halogens is 2. The van der Waals surface area contributed by atoms with Crippen molar-refractivity contribution < 1.29 is 18.0 Å². The summed E-state index contributed by atoms with van der Waals surface area (Å²) in [6.07, 6.45) is 1.35. The largest absolute Gasteiger partial charge is 0.420 e. The minimum Gasteiger partial charge on any atom is -0.408 e. The number of amides is 1. The van der Waals surface area contributed by atoms with E-state index in [1.54, 1.807) is 24.3 Å². The summed E-state index contributed by atoms with van der Waals surface area (Å²) in [6.45, 7) is 0.611. The van der Waals surface area contributed by atoms with E-state index in [1.807, 2.05) is 0 Å². The number of carbonyl (C=O) groups is 1. The fraction of sp³-hybridized carbons (Fsp3) is 0.263. The van der Waals surface area contributed by atoms with Crippen molar-refractivity contribution in [3.05, 3.63) is 70.2 Å². The van der Waals surface area contributed by atoms with Gasteiger partial charge in [0.15, 0.2) is 5.58 Å². The van der Waals surface area contributed by atoms with E-state index in [2.05, 4.69) is 0 Å². The third-order valence-electron chi connectivity index (χ3n) is 4.78. The normalized spacial score (nSPS) is 17.2. The first-order valence-electron chi connectivity index (χ1n) is 8.39. The average Bonchev–Trinajstić information content (AvgIpc) is 3.20. The van der Waals surface area contributed by atoms with Crippen molar-refractivity contribution >= 4 is 17.0 Å². The van der Waals surface area contributed by atoms with E-state index in [0.29, 0.717) is 30.5 Å². The second-order valence-corrected chi connectivity index (χ2v) is 6.34. The molecule has 5 nitrogen and oxygen atoms in total. The minimum atomic E-state index is -0.883. The molecule has 1 aliphatic heterocycles. The van der Waals surface area contributed by atoms with Crippen molar-refractivity contribution in [1.82, 2.24) is 9.47 Å². The standard InChI is InChI=1S/C19H16F2N2O3/c20-13-6-3-7-14(21)17(13)18(24)22-10-4-5-12(22)11-23-15-8-1-2-9-16(15)26-19(23)25/h1-3,6-9,12H,4-5,10-11H2/t12-/m1/s1. The molecule has 0 bridgehead atoms. The van der Waals surface area contributed by atoms with E-state index in [-0.39, 0.29) is 12.6 Å². The molecule has 7 heteroatoms. The number of aromatic nitrogens is 1. The molecule has 2 aromatic carbocycles. The van der Waals surface area contributed by atoms with Crippen LogP contribution in [0.15, 0.2) is 51.7 Å². The first kappa shape index (κ1) is 16.5. The van der Waals surface area contributed by atoms with Gasteiger partial charge in [0.25, 0.3) is 5.91 Å². The van der Waals surface area contributed by atoms with Crippen LogP contribution < -0.4 is 5.76 Å². The molecular weight excluding hydrogens is 342 g/mol. The molecule has 1 aromatic heterocycles. The van der Waals surface area contributed by atoms with Crippen LogP contribution in [0.4, 0.5) is 8.78 Å². The van der Waals surface area contributed by atoms with Gasteiger partial charge >= 0.3 is 5.76 Å². The topological polar surface area (TPSA) is 55.5 Å². The smallest absolute Gasteiger partial charge is 0.408 e. The highest BCUT2D eigenvalue weighted by Gasteiger charge is 2.33. The van der Waals surface area contributed by atoms with Crippen LogP contribution >= 0.6 is 0 Å². The molecule has 134 valence electrons. The van der Waals surface area contributed by atoms with Crippen molar-refractivity contribution in [2.24, 2.45) is 0 Å². The Balaban J connectivity index is 1.66. The van der Waals surface area contributed by atoms with Gasteiger partial charge in [-0.1, -0.05) is 18.2 Å². The van der Waals surface area contributed by atoms with Gasteiger partial charge in [0.1, 0.15) is 17.2 Å². The SMILES string of the molecule is O=C(c1c(F)cccc1F)N1CCC[C@@H]1Cn1c(=O)oc2ccccc21. The molecule has 26 heavy (non-hydrogen) atoms. The first-order valence-corrected chi connectivity index (χ1v) is 8.39. The molecule has 1 fully saturated rings. The molecule has 1 atom stereocenters. The number of hydrogen-bond donors (Lipinski definition) is 0. The van der Waals surface area contributed by atoms with E-state index < -0.39 is 28.9 Å². The molecule has 1 amide bonds. The van der Waals surface area contributed by atoms with Crippen LogP contribution in [-0.2, 0) is 6.54 Å². The summed E-state index contributed by atoms with van der Waals surface area (Å²) in [4.78, 5) is 26.3. The lowest BCUT2D eigenvalue weighted by Gasteiger charge is -2.25. The number of para-hydroxylation sites is 2. The summed E-state index contributed by atoms with van der Waals surface area (Å²) in [5, 5.41) is 0. The molecule has 2 heterocycles. The van der Waals surface area contributed by atoms with Crippen LogP contribution in [0.3, 0.4) is 0 Å². The van der Waals surface area contributed by atoms with Gasteiger partial charge in [0.05, 0.1) is 11.6 Å². The van der Waals surface area contributed by atoms with E-state index in [0.717, 1.165) is 12.1 Å². The van der Waals surface area contributed by atoms with E-state index in [1.165, 1.54) is 15.5 Å². The Bertz CT molecular complexity index is 1020. The van der Waals surface area contributed by atoms with Crippen molar-refractivity contribution in [2.45, 2.75) is 25.4 Å². The highest BCUT2D eigenvalue weighted by molar-refractivity contribution is 5.95. The summed E-state index contributed by atoms with van der Waals surface area (Å²) in [6, 6.07) is 10.0. The fourth-order valence-corrected chi connectivity index (χ4v) is 3.54. The molecular formula is C19H16F2N2O3. The fourth-order valence-electron chi connectivity index (χ4n) is 3.54. The van der Waals surface area contributed by atoms with Gasteiger partial charge in [-0.25, -0.2) is 13.6 Å². The number of hydrogen-bond acceptors (Lipinski definition) is 3. The molecule has 1 aliphatic rings. The number of benzene rings is 2. The number of oxazole rings is 1. The van der Waals surface area contributed by atoms with Crippen molar-refractivity contribution in [1.29, 1.82) is 0 Å². The summed E-state index contributed by atoms with van der Waals surface area (Å²) in [7, 11) is 0. The number of carbonyl (C=O) groups excluding carboxylic acids is 1. The molecule has 0 unspecified atom stereocenters. The lowest BCUT2D eigenvalue weighted by Crippen LogP contribution is -2.40. The zero-order valence-corrected chi connectivity index (χ0v) is 13.8. The van der Waals surface area contributed by atoms with Crippen LogP contribution in [0.1, 0.15) is 23.2 Å². The monoisotopic (exact) mass is 358 g/mol. The van der Waals surface area contributed by atoms with Crippen molar-refractivity contribution in [2.75, 3.05) is 6.54 Å². The van der Waals surface area contributed by atoms with Crippen LogP contribution in [0, 0.1) is 11.6 Å².